The summed E-state index contributed by atoms with van der Waals surface area (Å²) in [6.45, 7) is 7.80. The molecular formula is C36H34FNO4S. The molecule has 0 aliphatic carbocycles. The van der Waals surface area contributed by atoms with Crippen molar-refractivity contribution in [1.82, 2.24) is 4.90 Å². The first kappa shape index (κ1) is 28.9. The van der Waals surface area contributed by atoms with Gasteiger partial charge >= 0.3 is 0 Å². The highest BCUT2D eigenvalue weighted by molar-refractivity contribution is 7.21. The van der Waals surface area contributed by atoms with Crippen LogP contribution in [0, 0.1) is 19.7 Å². The summed E-state index contributed by atoms with van der Waals surface area (Å²) in [5, 5.41) is 0.809. The van der Waals surface area contributed by atoms with Crippen LogP contribution in [0.5, 0.6) is 23.0 Å². The van der Waals surface area contributed by atoms with E-state index in [2.05, 4.69) is 4.90 Å². The van der Waals surface area contributed by atoms with Crippen LogP contribution in [0.25, 0.3) is 10.1 Å². The Morgan fingerprint density at radius 1 is 0.837 bits per heavy atom. The smallest absolute Gasteiger partial charge is 0.207 e. The Morgan fingerprint density at radius 3 is 2.23 bits per heavy atom. The summed E-state index contributed by atoms with van der Waals surface area (Å²) in [5.74, 6) is 1.99. The van der Waals surface area contributed by atoms with Crippen molar-refractivity contribution < 1.29 is 23.4 Å². The molecule has 5 aromatic rings. The number of rotatable bonds is 11. The molecule has 1 saturated heterocycles. The third kappa shape index (κ3) is 6.74. The zero-order chi connectivity index (χ0) is 29.8. The van der Waals surface area contributed by atoms with Crippen LogP contribution >= 0.6 is 11.3 Å². The number of aryl methyl sites for hydroxylation is 2. The van der Waals surface area contributed by atoms with Crippen LogP contribution in [0.2, 0.25) is 0 Å². The molecule has 0 atom stereocenters. The van der Waals surface area contributed by atoms with E-state index in [1.165, 1.54) is 36.3 Å². The van der Waals surface area contributed by atoms with Gasteiger partial charge in [0.1, 0.15) is 41.2 Å². The number of carbonyl (C=O) groups excluding carboxylic acids is 1. The average Bonchev–Trinajstić information content (AvgIpc) is 3.65. The zero-order valence-electron chi connectivity index (χ0n) is 24.4. The molecule has 0 N–H and O–H groups in total. The first-order valence-corrected chi connectivity index (χ1v) is 15.4. The molecular weight excluding hydrogens is 561 g/mol. The number of thiophene rings is 1. The van der Waals surface area contributed by atoms with Crippen molar-refractivity contribution in [3.63, 3.8) is 0 Å². The van der Waals surface area contributed by atoms with Gasteiger partial charge in [0.25, 0.3) is 0 Å². The Morgan fingerprint density at radius 2 is 1.51 bits per heavy atom. The van der Waals surface area contributed by atoms with Crippen molar-refractivity contribution in [2.24, 2.45) is 0 Å². The molecule has 0 saturated carbocycles. The monoisotopic (exact) mass is 595 g/mol. The second kappa shape index (κ2) is 13.0. The number of benzene rings is 4. The Bertz CT molecular complexity index is 1700. The number of hydrogen-bond donors (Lipinski definition) is 0. The summed E-state index contributed by atoms with van der Waals surface area (Å²) < 4.78 is 33.4. The van der Waals surface area contributed by atoms with E-state index in [0.717, 1.165) is 41.0 Å². The molecule has 0 unspecified atom stereocenters. The van der Waals surface area contributed by atoms with Crippen LogP contribution in [-0.4, -0.2) is 36.9 Å². The standard InChI is InChI=1S/C36H34FNO4S/c1-24-20-27(37)21-25(2)33(24)34(39)36-35(42-29-12-10-28(11-13-29)40-19-18-38-16-6-7-17-38)31-15-14-30(22-32(31)43-36)41-23-26-8-4-3-5-9-26/h3-5,8-15,20-22H,6-7,16-19,23H2,1-2H3. The first-order valence-electron chi connectivity index (χ1n) is 14.6. The third-order valence-electron chi connectivity index (χ3n) is 7.71. The number of ketones is 1. The number of carbonyl (C=O) groups is 1. The number of hydrogen-bond acceptors (Lipinski definition) is 6. The van der Waals surface area contributed by atoms with Crippen molar-refractivity contribution in [2.45, 2.75) is 33.3 Å². The van der Waals surface area contributed by atoms with Crippen molar-refractivity contribution in [1.29, 1.82) is 0 Å². The highest BCUT2D eigenvalue weighted by Crippen LogP contribution is 2.43. The maximum Gasteiger partial charge on any atom is 0.207 e. The third-order valence-corrected chi connectivity index (χ3v) is 8.85. The molecule has 4 aromatic carbocycles. The van der Waals surface area contributed by atoms with Crippen molar-refractivity contribution >= 4 is 27.2 Å². The van der Waals surface area contributed by atoms with Gasteiger partial charge in [-0.25, -0.2) is 4.39 Å². The van der Waals surface area contributed by atoms with E-state index >= 15 is 0 Å². The number of halogens is 1. The second-order valence-electron chi connectivity index (χ2n) is 10.9. The number of ether oxygens (including phenoxy) is 3. The van der Waals surface area contributed by atoms with Gasteiger partial charge in [-0.15, -0.1) is 11.3 Å². The molecule has 5 nitrogen and oxygen atoms in total. The van der Waals surface area contributed by atoms with Gasteiger partial charge < -0.3 is 14.2 Å². The van der Waals surface area contributed by atoms with Crippen LogP contribution in [0.1, 0.15) is 44.8 Å². The van der Waals surface area contributed by atoms with Crippen LogP contribution in [0.4, 0.5) is 4.39 Å². The fraction of sp³-hybridized carbons (Fsp3) is 0.250. The van der Waals surface area contributed by atoms with E-state index in [9.17, 15) is 9.18 Å². The number of likely N-dealkylation sites (tertiary alicyclic amines) is 1. The minimum atomic E-state index is -0.359. The van der Waals surface area contributed by atoms with Gasteiger partial charge in [-0.3, -0.25) is 9.69 Å². The maximum absolute atomic E-state index is 14.1. The second-order valence-corrected chi connectivity index (χ2v) is 12.0. The lowest BCUT2D eigenvalue weighted by Gasteiger charge is -2.15. The minimum Gasteiger partial charge on any atom is -0.492 e. The van der Waals surface area contributed by atoms with Gasteiger partial charge in [-0.1, -0.05) is 30.3 Å². The van der Waals surface area contributed by atoms with E-state index in [1.54, 1.807) is 13.8 Å². The molecule has 0 spiro atoms. The van der Waals surface area contributed by atoms with E-state index in [-0.39, 0.29) is 11.6 Å². The Labute approximate surface area is 255 Å². The fourth-order valence-electron chi connectivity index (χ4n) is 5.54. The quantitative estimate of drug-likeness (QED) is 0.143. The molecule has 1 aliphatic heterocycles. The van der Waals surface area contributed by atoms with Gasteiger partial charge in [-0.2, -0.15) is 0 Å². The fourth-order valence-corrected chi connectivity index (χ4v) is 6.64. The summed E-state index contributed by atoms with van der Waals surface area (Å²) in [6, 6.07) is 26.0. The predicted molar refractivity (Wildman–Crippen MR) is 170 cm³/mol. The highest BCUT2D eigenvalue weighted by Gasteiger charge is 2.25. The maximum atomic E-state index is 14.1. The van der Waals surface area contributed by atoms with Crippen LogP contribution in [0.15, 0.2) is 84.9 Å². The van der Waals surface area contributed by atoms with E-state index < -0.39 is 0 Å². The molecule has 0 bridgehead atoms. The number of fused-ring (bicyclic) bond motifs is 1. The van der Waals surface area contributed by atoms with Gasteiger partial charge in [0.2, 0.25) is 5.78 Å². The minimum absolute atomic E-state index is 0.195. The summed E-state index contributed by atoms with van der Waals surface area (Å²) in [4.78, 5) is 16.9. The Hall–Kier alpha value is -4.20. The predicted octanol–water partition coefficient (Wildman–Crippen LogP) is 8.73. The summed E-state index contributed by atoms with van der Waals surface area (Å²) >= 11 is 1.35. The molecule has 6 rings (SSSR count). The van der Waals surface area contributed by atoms with Gasteiger partial charge in [0.05, 0.1) is 0 Å². The van der Waals surface area contributed by atoms with Gasteiger partial charge in [0, 0.05) is 22.2 Å². The van der Waals surface area contributed by atoms with Crippen molar-refractivity contribution in [3.8, 4) is 23.0 Å². The van der Waals surface area contributed by atoms with E-state index in [1.807, 2.05) is 72.8 Å². The Balaban J connectivity index is 1.28. The lowest BCUT2D eigenvalue weighted by Crippen LogP contribution is -2.25. The molecule has 0 radical (unpaired) electrons. The van der Waals surface area contributed by atoms with Crippen molar-refractivity contribution in [2.75, 3.05) is 26.2 Å². The molecule has 2 heterocycles. The molecule has 1 aromatic heterocycles. The molecule has 7 heteroatoms. The summed E-state index contributed by atoms with van der Waals surface area (Å²) in [6.07, 6.45) is 2.52. The topological polar surface area (TPSA) is 48.0 Å². The molecule has 43 heavy (non-hydrogen) atoms. The molecule has 1 aliphatic rings. The zero-order valence-corrected chi connectivity index (χ0v) is 25.2. The molecule has 0 amide bonds. The average molecular weight is 596 g/mol. The Kier molecular flexibility index (Phi) is 8.72. The van der Waals surface area contributed by atoms with Gasteiger partial charge in [0.15, 0.2) is 5.75 Å². The molecule has 1 fully saturated rings. The highest BCUT2D eigenvalue weighted by atomic mass is 32.1. The van der Waals surface area contributed by atoms with Gasteiger partial charge in [-0.05, 0) is 111 Å². The normalized spacial score (nSPS) is 13.4. The van der Waals surface area contributed by atoms with Crippen LogP contribution < -0.4 is 14.2 Å². The van der Waals surface area contributed by atoms with E-state index in [0.29, 0.717) is 52.0 Å². The first-order chi connectivity index (χ1) is 20.9. The SMILES string of the molecule is Cc1cc(F)cc(C)c1C(=O)c1sc2cc(OCc3ccccc3)ccc2c1Oc1ccc(OCCN2CCCC2)cc1. The lowest BCUT2D eigenvalue weighted by molar-refractivity contribution is 0.103. The molecule has 220 valence electrons. The summed E-state index contributed by atoms with van der Waals surface area (Å²) in [7, 11) is 0. The van der Waals surface area contributed by atoms with Crippen LogP contribution in [0.3, 0.4) is 0 Å². The lowest BCUT2D eigenvalue weighted by atomic mass is 9.97. The summed E-state index contributed by atoms with van der Waals surface area (Å²) in [5.41, 5.74) is 2.74. The van der Waals surface area contributed by atoms with E-state index in [4.69, 9.17) is 14.2 Å². The largest absolute Gasteiger partial charge is 0.492 e. The van der Waals surface area contributed by atoms with Crippen molar-refractivity contribution in [3.05, 3.63) is 118 Å². The van der Waals surface area contributed by atoms with Crippen LogP contribution in [-0.2, 0) is 6.61 Å². The number of nitrogens with zero attached hydrogens (tertiary/aromatic N) is 1.